The van der Waals surface area contributed by atoms with E-state index in [9.17, 15) is 10.1 Å². The Hall–Kier alpha value is -1.39. The molecule has 0 fully saturated rings. The monoisotopic (exact) mass is 126 g/mol. The minimum absolute atomic E-state index is 0.187. The second kappa shape index (κ2) is 1.85. The number of aromatic nitrogens is 2. The van der Waals surface area contributed by atoms with Gasteiger partial charge in [-0.3, -0.25) is 0 Å². The Morgan fingerprint density at radius 3 is 2.78 bits per heavy atom. The smallest absolute Gasteiger partial charge is 0.159 e. The molecule has 1 aromatic heterocycles. The van der Waals surface area contributed by atoms with Gasteiger partial charge in [0.05, 0.1) is 0 Å². The molecule has 0 N–H and O–H groups in total. The average molecular weight is 126 g/mol. The summed E-state index contributed by atoms with van der Waals surface area (Å²) < 4.78 is 0. The van der Waals surface area contributed by atoms with Crippen LogP contribution < -0.4 is 4.98 Å². The van der Waals surface area contributed by atoms with Crippen LogP contribution in [0, 0.1) is 17.0 Å². The normalized spacial score (nSPS) is 9.44. The molecule has 9 heavy (non-hydrogen) atoms. The molecule has 0 aliphatic heterocycles. The van der Waals surface area contributed by atoms with Crippen LogP contribution in [0.2, 0.25) is 0 Å². The molecular formula is C4H4N3O2-. The van der Waals surface area contributed by atoms with Crippen LogP contribution in [0.15, 0.2) is 6.20 Å². The van der Waals surface area contributed by atoms with Gasteiger partial charge in [-0.15, -0.1) is 0 Å². The Morgan fingerprint density at radius 1 is 1.89 bits per heavy atom. The van der Waals surface area contributed by atoms with Gasteiger partial charge in [0.25, 0.3) is 0 Å². The number of aryl methyl sites for hydroxylation is 1. The molecule has 0 aromatic carbocycles. The van der Waals surface area contributed by atoms with E-state index in [0.717, 1.165) is 6.20 Å². The van der Waals surface area contributed by atoms with E-state index in [2.05, 4.69) is 9.97 Å². The van der Waals surface area contributed by atoms with E-state index < -0.39 is 4.92 Å². The van der Waals surface area contributed by atoms with Gasteiger partial charge in [0.2, 0.25) is 0 Å². The van der Waals surface area contributed by atoms with Crippen LogP contribution in [0.3, 0.4) is 0 Å². The molecule has 0 bridgehead atoms. The molecule has 0 radical (unpaired) electrons. The van der Waals surface area contributed by atoms with E-state index in [0.29, 0.717) is 5.82 Å². The van der Waals surface area contributed by atoms with Crippen molar-refractivity contribution in [1.82, 2.24) is 9.97 Å². The standard InChI is InChI=1S/C4H4N3O2/c1-3-5-2-4(6-3)7(8)9/h2H,1H3/q-1. The van der Waals surface area contributed by atoms with Crippen LogP contribution in [-0.2, 0) is 0 Å². The molecule has 5 nitrogen and oxygen atoms in total. The van der Waals surface area contributed by atoms with Crippen molar-refractivity contribution in [3.05, 3.63) is 22.1 Å². The lowest BCUT2D eigenvalue weighted by Gasteiger charge is -1.94. The molecule has 0 unspecified atom stereocenters. The maximum absolute atomic E-state index is 9.92. The van der Waals surface area contributed by atoms with E-state index in [-0.39, 0.29) is 5.82 Å². The molecule has 0 atom stereocenters. The summed E-state index contributed by atoms with van der Waals surface area (Å²) in [5.41, 5.74) is 0. The molecule has 1 aromatic rings. The first-order valence-corrected chi connectivity index (χ1v) is 2.31. The van der Waals surface area contributed by atoms with E-state index in [4.69, 9.17) is 0 Å². The summed E-state index contributed by atoms with van der Waals surface area (Å²) in [6.45, 7) is 1.60. The zero-order chi connectivity index (χ0) is 6.85. The number of nitro groups is 1. The molecule has 0 aliphatic rings. The first-order valence-electron chi connectivity index (χ1n) is 2.31. The second-order valence-electron chi connectivity index (χ2n) is 1.53. The van der Waals surface area contributed by atoms with Gasteiger partial charge in [-0.25, -0.2) is 0 Å². The molecule has 0 saturated heterocycles. The summed E-state index contributed by atoms with van der Waals surface area (Å²) in [4.78, 5) is 16.4. The first-order chi connectivity index (χ1) is 4.20. The van der Waals surface area contributed by atoms with Crippen LogP contribution in [0.25, 0.3) is 0 Å². The Kier molecular flexibility index (Phi) is 1.18. The van der Waals surface area contributed by atoms with Crippen molar-refractivity contribution < 1.29 is 4.92 Å². The third-order valence-corrected chi connectivity index (χ3v) is 0.830. The Labute approximate surface area is 50.9 Å². The largest absolute Gasteiger partial charge is 0.443 e. The summed E-state index contributed by atoms with van der Waals surface area (Å²) in [7, 11) is 0. The van der Waals surface area contributed by atoms with Gasteiger partial charge in [-0.05, 0) is 13.1 Å². The molecule has 1 rings (SSSR count). The van der Waals surface area contributed by atoms with Gasteiger partial charge < -0.3 is 20.1 Å². The lowest BCUT2D eigenvalue weighted by Crippen LogP contribution is -1.86. The van der Waals surface area contributed by atoms with Crippen LogP contribution in [0.1, 0.15) is 5.82 Å². The molecule has 0 amide bonds. The van der Waals surface area contributed by atoms with Crippen molar-refractivity contribution in [3.8, 4) is 0 Å². The van der Waals surface area contributed by atoms with Crippen molar-refractivity contribution in [1.29, 1.82) is 0 Å². The van der Waals surface area contributed by atoms with Gasteiger partial charge in [-0.1, -0.05) is 10.7 Å². The van der Waals surface area contributed by atoms with E-state index >= 15 is 0 Å². The minimum Gasteiger partial charge on any atom is -0.443 e. The third-order valence-electron chi connectivity index (χ3n) is 0.830. The predicted molar refractivity (Wildman–Crippen MR) is 28.9 cm³/mol. The van der Waals surface area contributed by atoms with Crippen LogP contribution in [0.5, 0.6) is 0 Å². The SMILES string of the molecule is Cc1nc([N+](=O)[O-])c[n-]1. The number of nitrogens with zero attached hydrogens (tertiary/aromatic N) is 3. The lowest BCUT2D eigenvalue weighted by atomic mass is 10.7. The molecular weight excluding hydrogens is 122 g/mol. The highest BCUT2D eigenvalue weighted by Crippen LogP contribution is 2.02. The lowest BCUT2D eigenvalue weighted by molar-refractivity contribution is -0.389. The second-order valence-corrected chi connectivity index (χ2v) is 1.53. The molecule has 0 saturated carbocycles. The molecule has 1 heterocycles. The third kappa shape index (κ3) is 1.04. The van der Waals surface area contributed by atoms with Crippen LogP contribution >= 0.6 is 0 Å². The van der Waals surface area contributed by atoms with E-state index in [1.54, 1.807) is 6.92 Å². The summed E-state index contributed by atoms with van der Waals surface area (Å²) in [6.07, 6.45) is 1.13. The van der Waals surface area contributed by atoms with Gasteiger partial charge in [0.1, 0.15) is 0 Å². The van der Waals surface area contributed by atoms with Crippen molar-refractivity contribution in [2.45, 2.75) is 6.92 Å². The zero-order valence-electron chi connectivity index (χ0n) is 4.74. The van der Waals surface area contributed by atoms with Crippen molar-refractivity contribution in [2.24, 2.45) is 0 Å². The number of hydrogen-bond acceptors (Lipinski definition) is 3. The maximum atomic E-state index is 9.92. The molecule has 5 heteroatoms. The average Bonchev–Trinajstić information content (AvgIpc) is 2.14. The number of rotatable bonds is 1. The van der Waals surface area contributed by atoms with Gasteiger partial charge in [0.15, 0.2) is 5.82 Å². The fourth-order valence-electron chi connectivity index (χ4n) is 0.463. The Balaban J connectivity index is 2.98. The Bertz CT molecular complexity index is 229. The highest BCUT2D eigenvalue weighted by molar-refractivity contribution is 5.13. The topological polar surface area (TPSA) is 70.1 Å². The van der Waals surface area contributed by atoms with E-state index in [1.807, 2.05) is 0 Å². The molecule has 48 valence electrons. The number of imidazole rings is 1. The van der Waals surface area contributed by atoms with E-state index in [1.165, 1.54) is 0 Å². The predicted octanol–water partition coefficient (Wildman–Crippen LogP) is 0.255. The Morgan fingerprint density at radius 2 is 2.56 bits per heavy atom. The molecule has 0 spiro atoms. The minimum atomic E-state index is -0.569. The highest BCUT2D eigenvalue weighted by atomic mass is 16.6. The van der Waals surface area contributed by atoms with Gasteiger partial charge in [-0.2, -0.15) is 0 Å². The summed E-state index contributed by atoms with van der Waals surface area (Å²) in [5, 5.41) is 9.92. The fraction of sp³-hybridized carbons (Fsp3) is 0.250. The first kappa shape index (κ1) is 5.74. The fourth-order valence-corrected chi connectivity index (χ4v) is 0.463. The maximum Gasteiger partial charge on any atom is 0.159 e. The zero-order valence-corrected chi connectivity index (χ0v) is 4.74. The van der Waals surface area contributed by atoms with Crippen LogP contribution in [0.4, 0.5) is 5.82 Å². The summed E-state index contributed by atoms with van der Waals surface area (Å²) >= 11 is 0. The summed E-state index contributed by atoms with van der Waals surface area (Å²) in [5.74, 6) is 0.245. The van der Waals surface area contributed by atoms with Crippen molar-refractivity contribution >= 4 is 5.82 Å². The number of hydrogen-bond donors (Lipinski definition) is 0. The van der Waals surface area contributed by atoms with Crippen molar-refractivity contribution in [3.63, 3.8) is 0 Å². The highest BCUT2D eigenvalue weighted by Gasteiger charge is 1.88. The quantitative estimate of drug-likeness (QED) is 0.399. The summed E-state index contributed by atoms with van der Waals surface area (Å²) in [6, 6.07) is 0. The van der Waals surface area contributed by atoms with Crippen LogP contribution in [-0.4, -0.2) is 9.91 Å². The van der Waals surface area contributed by atoms with Gasteiger partial charge >= 0.3 is 0 Å². The van der Waals surface area contributed by atoms with Crippen molar-refractivity contribution in [2.75, 3.05) is 0 Å². The molecule has 0 aliphatic carbocycles. The van der Waals surface area contributed by atoms with Gasteiger partial charge in [0, 0.05) is 0 Å².